The fourth-order valence-electron chi connectivity index (χ4n) is 2.96. The smallest absolute Gasteiger partial charge is 0.0474 e. The first kappa shape index (κ1) is 14.8. The fourth-order valence-corrected chi connectivity index (χ4v) is 3.23. The summed E-state index contributed by atoms with van der Waals surface area (Å²) in [5, 5.41) is 10.2. The van der Waals surface area contributed by atoms with E-state index in [9.17, 15) is 5.11 Å². The molecule has 0 radical (unpaired) electrons. The normalized spacial score (nSPS) is 17.9. The van der Waals surface area contributed by atoms with Crippen molar-refractivity contribution in [2.45, 2.75) is 39.0 Å². The van der Waals surface area contributed by atoms with E-state index >= 15 is 0 Å². The van der Waals surface area contributed by atoms with Crippen molar-refractivity contribution in [3.8, 4) is 0 Å². The summed E-state index contributed by atoms with van der Waals surface area (Å²) >= 11 is 6.40. The van der Waals surface area contributed by atoms with Crippen LogP contribution in [0.15, 0.2) is 12.1 Å². The van der Waals surface area contributed by atoms with Crippen LogP contribution in [0.4, 0.5) is 0 Å². The second-order valence-corrected chi connectivity index (χ2v) is 6.19. The molecule has 2 nitrogen and oxygen atoms in total. The average molecular weight is 282 g/mol. The van der Waals surface area contributed by atoms with Crippen LogP contribution in [-0.2, 0) is 19.3 Å². The molecule has 2 unspecified atom stereocenters. The zero-order valence-corrected chi connectivity index (χ0v) is 12.4. The van der Waals surface area contributed by atoms with Gasteiger partial charge >= 0.3 is 0 Å². The van der Waals surface area contributed by atoms with Crippen molar-refractivity contribution in [3.05, 3.63) is 33.8 Å². The van der Waals surface area contributed by atoms with Crippen molar-refractivity contribution in [2.75, 3.05) is 13.2 Å². The summed E-state index contributed by atoms with van der Waals surface area (Å²) in [7, 11) is 0. The molecule has 0 saturated carbocycles. The third kappa shape index (κ3) is 3.50. The van der Waals surface area contributed by atoms with Crippen LogP contribution >= 0.6 is 11.6 Å². The fraction of sp³-hybridized carbons (Fsp3) is 0.625. The summed E-state index contributed by atoms with van der Waals surface area (Å²) in [5.41, 5.74) is 9.79. The predicted molar refractivity (Wildman–Crippen MR) is 80.6 cm³/mol. The molecule has 2 rings (SSSR count). The highest BCUT2D eigenvalue weighted by molar-refractivity contribution is 6.31. The molecule has 0 fully saturated rings. The lowest BCUT2D eigenvalue weighted by atomic mass is 9.85. The number of rotatable bonds is 5. The van der Waals surface area contributed by atoms with E-state index in [4.69, 9.17) is 17.3 Å². The Kier molecular flexibility index (Phi) is 5.26. The Labute approximate surface area is 121 Å². The Morgan fingerprint density at radius 1 is 1.26 bits per heavy atom. The van der Waals surface area contributed by atoms with Crippen molar-refractivity contribution < 1.29 is 5.11 Å². The van der Waals surface area contributed by atoms with Crippen LogP contribution in [0.3, 0.4) is 0 Å². The summed E-state index contributed by atoms with van der Waals surface area (Å²) < 4.78 is 0. The Morgan fingerprint density at radius 2 is 1.89 bits per heavy atom. The maximum absolute atomic E-state index is 9.32. The Balaban J connectivity index is 2.16. The minimum absolute atomic E-state index is 0.153. The van der Waals surface area contributed by atoms with E-state index < -0.39 is 0 Å². The molecular weight excluding hydrogens is 258 g/mol. The number of nitrogens with two attached hydrogens (primary N) is 1. The number of fused-ring (bicyclic) bond motifs is 1. The zero-order chi connectivity index (χ0) is 13.8. The molecule has 106 valence electrons. The quantitative estimate of drug-likeness (QED) is 0.872. The second kappa shape index (κ2) is 6.74. The van der Waals surface area contributed by atoms with Crippen molar-refractivity contribution >= 4 is 11.6 Å². The van der Waals surface area contributed by atoms with E-state index in [0.717, 1.165) is 17.9 Å². The molecule has 1 aromatic carbocycles. The highest BCUT2D eigenvalue weighted by atomic mass is 35.5. The minimum Gasteiger partial charge on any atom is -0.396 e. The van der Waals surface area contributed by atoms with Gasteiger partial charge in [-0.15, -0.1) is 0 Å². The first-order valence-electron chi connectivity index (χ1n) is 7.26. The number of aliphatic hydroxyl groups is 1. The van der Waals surface area contributed by atoms with Gasteiger partial charge in [-0.3, -0.25) is 0 Å². The van der Waals surface area contributed by atoms with Gasteiger partial charge < -0.3 is 10.8 Å². The van der Waals surface area contributed by atoms with E-state index in [2.05, 4.69) is 19.1 Å². The van der Waals surface area contributed by atoms with Crippen LogP contribution in [0.2, 0.25) is 5.02 Å². The standard InChI is InChI=1S/C16H24ClNO/c1-11(15(9-18)10-19)6-14-7-12-4-2-3-5-13(12)8-16(14)17/h7-8,11,15,19H,2-6,9-10,18H2,1H3. The van der Waals surface area contributed by atoms with Crippen LogP contribution < -0.4 is 5.73 Å². The molecule has 0 spiro atoms. The average Bonchev–Trinajstić information content (AvgIpc) is 2.41. The topological polar surface area (TPSA) is 46.2 Å². The number of halogens is 1. The Morgan fingerprint density at radius 3 is 2.47 bits per heavy atom. The van der Waals surface area contributed by atoms with Gasteiger partial charge in [0.05, 0.1) is 0 Å². The molecule has 0 saturated heterocycles. The number of benzene rings is 1. The van der Waals surface area contributed by atoms with E-state index in [-0.39, 0.29) is 12.5 Å². The molecule has 2 atom stereocenters. The molecule has 3 N–H and O–H groups in total. The van der Waals surface area contributed by atoms with Crippen molar-refractivity contribution in [2.24, 2.45) is 17.6 Å². The largest absolute Gasteiger partial charge is 0.396 e. The van der Waals surface area contributed by atoms with Crippen LogP contribution in [0.1, 0.15) is 36.5 Å². The van der Waals surface area contributed by atoms with E-state index in [0.29, 0.717) is 12.5 Å². The van der Waals surface area contributed by atoms with Crippen molar-refractivity contribution in [3.63, 3.8) is 0 Å². The van der Waals surface area contributed by atoms with Gasteiger partial charge in [0.2, 0.25) is 0 Å². The minimum atomic E-state index is 0.153. The Bertz CT molecular complexity index is 429. The van der Waals surface area contributed by atoms with Crippen LogP contribution in [0, 0.1) is 11.8 Å². The Hall–Kier alpha value is -0.570. The summed E-state index contributed by atoms with van der Waals surface area (Å²) in [6.45, 7) is 2.82. The van der Waals surface area contributed by atoms with Gasteiger partial charge in [0.15, 0.2) is 0 Å². The maximum Gasteiger partial charge on any atom is 0.0474 e. The predicted octanol–water partition coefficient (Wildman–Crippen LogP) is 2.96. The lowest BCUT2D eigenvalue weighted by Crippen LogP contribution is -2.26. The molecule has 1 aliphatic rings. The van der Waals surface area contributed by atoms with Gasteiger partial charge in [-0.05, 0) is 73.2 Å². The summed E-state index contributed by atoms with van der Waals surface area (Å²) in [5.74, 6) is 0.515. The molecule has 0 heterocycles. The summed E-state index contributed by atoms with van der Waals surface area (Å²) in [6.07, 6.45) is 5.79. The lowest BCUT2D eigenvalue weighted by molar-refractivity contribution is 0.187. The first-order valence-corrected chi connectivity index (χ1v) is 7.64. The van der Waals surface area contributed by atoms with Gasteiger partial charge in [0, 0.05) is 11.6 Å². The van der Waals surface area contributed by atoms with E-state index in [1.165, 1.54) is 36.0 Å². The molecule has 3 heteroatoms. The van der Waals surface area contributed by atoms with Crippen LogP contribution in [0.5, 0.6) is 0 Å². The number of aryl methyl sites for hydroxylation is 2. The number of aliphatic hydroxyl groups excluding tert-OH is 1. The van der Waals surface area contributed by atoms with Crippen LogP contribution in [-0.4, -0.2) is 18.3 Å². The molecule has 0 aromatic heterocycles. The number of hydrogen-bond acceptors (Lipinski definition) is 2. The van der Waals surface area contributed by atoms with Crippen molar-refractivity contribution in [1.82, 2.24) is 0 Å². The first-order chi connectivity index (χ1) is 9.15. The number of hydrogen-bond donors (Lipinski definition) is 2. The van der Waals surface area contributed by atoms with Gasteiger partial charge in [0.1, 0.15) is 0 Å². The lowest BCUT2D eigenvalue weighted by Gasteiger charge is -2.23. The molecular formula is C16H24ClNO. The van der Waals surface area contributed by atoms with Gasteiger partial charge in [0.25, 0.3) is 0 Å². The second-order valence-electron chi connectivity index (χ2n) is 5.78. The summed E-state index contributed by atoms with van der Waals surface area (Å²) in [6, 6.07) is 4.42. The third-order valence-electron chi connectivity index (χ3n) is 4.39. The highest BCUT2D eigenvalue weighted by Crippen LogP contribution is 2.30. The van der Waals surface area contributed by atoms with Gasteiger partial charge in [-0.25, -0.2) is 0 Å². The third-order valence-corrected chi connectivity index (χ3v) is 4.75. The molecule has 0 bridgehead atoms. The SMILES string of the molecule is CC(Cc1cc2c(cc1Cl)CCCC2)C(CN)CO. The molecule has 1 aromatic rings. The van der Waals surface area contributed by atoms with Gasteiger partial charge in [-0.1, -0.05) is 24.6 Å². The molecule has 19 heavy (non-hydrogen) atoms. The van der Waals surface area contributed by atoms with Crippen LogP contribution in [0.25, 0.3) is 0 Å². The maximum atomic E-state index is 9.32. The zero-order valence-electron chi connectivity index (χ0n) is 11.7. The molecule has 0 aliphatic heterocycles. The highest BCUT2D eigenvalue weighted by Gasteiger charge is 2.18. The molecule has 0 amide bonds. The van der Waals surface area contributed by atoms with Crippen molar-refractivity contribution in [1.29, 1.82) is 0 Å². The monoisotopic (exact) mass is 281 g/mol. The molecule has 1 aliphatic carbocycles. The van der Waals surface area contributed by atoms with Gasteiger partial charge in [-0.2, -0.15) is 0 Å². The van der Waals surface area contributed by atoms with E-state index in [1.54, 1.807) is 0 Å². The van der Waals surface area contributed by atoms with E-state index in [1.807, 2.05) is 0 Å². The summed E-state index contributed by atoms with van der Waals surface area (Å²) in [4.78, 5) is 0.